The molecule has 17 heavy (non-hydrogen) atoms. The number of halogens is 1. The van der Waals surface area contributed by atoms with Gasteiger partial charge >= 0.3 is 0 Å². The van der Waals surface area contributed by atoms with Crippen molar-refractivity contribution in [1.29, 1.82) is 0 Å². The first-order valence-electron chi connectivity index (χ1n) is 5.83. The summed E-state index contributed by atoms with van der Waals surface area (Å²) >= 11 is 0. The van der Waals surface area contributed by atoms with E-state index in [1.165, 1.54) is 5.56 Å². The lowest BCUT2D eigenvalue weighted by Crippen LogP contribution is -2.41. The van der Waals surface area contributed by atoms with Crippen LogP contribution in [0.5, 0.6) is 0 Å². The minimum atomic E-state index is -0.364. The summed E-state index contributed by atoms with van der Waals surface area (Å²) in [6.07, 6.45) is 1.72. The first-order chi connectivity index (χ1) is 7.72. The van der Waals surface area contributed by atoms with Crippen LogP contribution in [0.25, 0.3) is 0 Å². The normalized spacial score (nSPS) is 23.4. The van der Waals surface area contributed by atoms with Crippen LogP contribution in [0, 0.1) is 0 Å². The van der Waals surface area contributed by atoms with Crippen LogP contribution in [0.4, 0.5) is 0 Å². The number of carbonyl (C=O) groups is 1. The van der Waals surface area contributed by atoms with Gasteiger partial charge in [0.25, 0.3) is 0 Å². The zero-order valence-electron chi connectivity index (χ0n) is 9.93. The molecule has 0 heterocycles. The molecule has 2 rings (SSSR count). The Labute approximate surface area is 108 Å². The monoisotopic (exact) mass is 254 g/mol. The summed E-state index contributed by atoms with van der Waals surface area (Å²) in [5.74, 6) is 0.458. The molecule has 1 aliphatic carbocycles. The summed E-state index contributed by atoms with van der Waals surface area (Å²) in [7, 11) is 0. The van der Waals surface area contributed by atoms with E-state index in [1.807, 2.05) is 25.1 Å². The average Bonchev–Trinajstić information content (AvgIpc) is 3.08. The van der Waals surface area contributed by atoms with E-state index in [1.54, 1.807) is 0 Å². The van der Waals surface area contributed by atoms with E-state index in [0.717, 1.165) is 6.42 Å². The van der Waals surface area contributed by atoms with Crippen molar-refractivity contribution < 1.29 is 4.79 Å². The van der Waals surface area contributed by atoms with E-state index >= 15 is 0 Å². The first kappa shape index (κ1) is 14.0. The molecule has 0 radical (unpaired) electrons. The molecule has 1 aromatic rings. The van der Waals surface area contributed by atoms with Gasteiger partial charge in [-0.3, -0.25) is 4.79 Å². The van der Waals surface area contributed by atoms with Crippen molar-refractivity contribution in [2.75, 3.05) is 0 Å². The van der Waals surface area contributed by atoms with Gasteiger partial charge in [-0.2, -0.15) is 0 Å². The zero-order valence-corrected chi connectivity index (χ0v) is 10.7. The molecule has 1 aliphatic rings. The van der Waals surface area contributed by atoms with Crippen LogP contribution in [-0.4, -0.2) is 18.0 Å². The summed E-state index contributed by atoms with van der Waals surface area (Å²) in [4.78, 5) is 11.6. The Morgan fingerprint density at radius 3 is 2.71 bits per heavy atom. The molecule has 3 N–H and O–H groups in total. The fraction of sp³-hybridized carbons (Fsp3) is 0.462. The highest BCUT2D eigenvalue weighted by atomic mass is 35.5. The van der Waals surface area contributed by atoms with Crippen molar-refractivity contribution in [2.24, 2.45) is 5.73 Å². The van der Waals surface area contributed by atoms with Crippen LogP contribution in [0.3, 0.4) is 0 Å². The molecular weight excluding hydrogens is 236 g/mol. The molecule has 0 aromatic heterocycles. The summed E-state index contributed by atoms with van der Waals surface area (Å²) in [6.45, 7) is 1.92. The van der Waals surface area contributed by atoms with Crippen LogP contribution in [0.1, 0.15) is 31.2 Å². The Balaban J connectivity index is 0.00000144. The zero-order chi connectivity index (χ0) is 11.5. The van der Waals surface area contributed by atoms with Crippen molar-refractivity contribution in [2.45, 2.75) is 37.8 Å². The topological polar surface area (TPSA) is 55.1 Å². The maximum atomic E-state index is 11.6. The van der Waals surface area contributed by atoms with Crippen molar-refractivity contribution in [3.8, 4) is 0 Å². The lowest BCUT2D eigenvalue weighted by atomic mass is 10.1. The highest BCUT2D eigenvalue weighted by Gasteiger charge is 2.39. The van der Waals surface area contributed by atoms with Gasteiger partial charge in [0, 0.05) is 12.0 Å². The Morgan fingerprint density at radius 1 is 1.47 bits per heavy atom. The van der Waals surface area contributed by atoms with Crippen molar-refractivity contribution in [3.63, 3.8) is 0 Å². The summed E-state index contributed by atoms with van der Waals surface area (Å²) in [5.41, 5.74) is 6.97. The quantitative estimate of drug-likeness (QED) is 0.861. The molecule has 1 amide bonds. The molecule has 1 aromatic carbocycles. The number of hydrogen-bond donors (Lipinski definition) is 2. The second-order valence-electron chi connectivity index (χ2n) is 4.38. The van der Waals surface area contributed by atoms with Gasteiger partial charge in [0.05, 0.1) is 6.04 Å². The molecule has 94 valence electrons. The summed E-state index contributed by atoms with van der Waals surface area (Å²) < 4.78 is 0. The fourth-order valence-corrected chi connectivity index (χ4v) is 1.90. The van der Waals surface area contributed by atoms with E-state index in [0.29, 0.717) is 12.3 Å². The third-order valence-electron chi connectivity index (χ3n) is 3.12. The van der Waals surface area contributed by atoms with Crippen LogP contribution in [0.2, 0.25) is 0 Å². The molecular formula is C13H19ClN2O. The number of carbonyl (C=O) groups excluding carboxylic acids is 1. The van der Waals surface area contributed by atoms with E-state index in [9.17, 15) is 4.79 Å². The molecule has 0 bridgehead atoms. The average molecular weight is 255 g/mol. The van der Waals surface area contributed by atoms with E-state index in [2.05, 4.69) is 17.4 Å². The smallest absolute Gasteiger partial charge is 0.237 e. The minimum absolute atomic E-state index is 0. The van der Waals surface area contributed by atoms with Crippen molar-refractivity contribution in [1.82, 2.24) is 5.32 Å². The number of amides is 1. The number of hydrogen-bond acceptors (Lipinski definition) is 2. The van der Waals surface area contributed by atoms with Gasteiger partial charge in [-0.25, -0.2) is 0 Å². The van der Waals surface area contributed by atoms with Gasteiger partial charge in [0.1, 0.15) is 0 Å². The SMILES string of the molecule is CC[C@H](N)C(=O)NC1CC1c1ccccc1.Cl. The summed E-state index contributed by atoms with van der Waals surface area (Å²) in [6, 6.07) is 10.2. The molecule has 1 saturated carbocycles. The predicted molar refractivity (Wildman–Crippen MR) is 71.2 cm³/mol. The van der Waals surface area contributed by atoms with Crippen molar-refractivity contribution in [3.05, 3.63) is 35.9 Å². The Kier molecular flexibility index (Phi) is 4.97. The molecule has 3 nitrogen and oxygen atoms in total. The molecule has 3 atom stereocenters. The first-order valence-corrected chi connectivity index (χ1v) is 5.83. The molecule has 1 fully saturated rings. The van der Waals surface area contributed by atoms with Crippen LogP contribution in [0.15, 0.2) is 30.3 Å². The van der Waals surface area contributed by atoms with Gasteiger partial charge < -0.3 is 11.1 Å². The number of rotatable bonds is 4. The Hall–Kier alpha value is -1.06. The minimum Gasteiger partial charge on any atom is -0.351 e. The standard InChI is InChI=1S/C13H18N2O.ClH/c1-2-11(14)13(16)15-12-8-10(12)9-6-4-3-5-7-9;/h3-7,10-12H,2,8,14H2,1H3,(H,15,16);1H/t10?,11-,12?;/m0./s1. The molecule has 0 spiro atoms. The third kappa shape index (κ3) is 3.45. The van der Waals surface area contributed by atoms with Gasteiger partial charge in [0.15, 0.2) is 0 Å². The Bertz CT molecular complexity index is 369. The maximum absolute atomic E-state index is 11.6. The van der Waals surface area contributed by atoms with Crippen LogP contribution in [-0.2, 0) is 4.79 Å². The highest BCUT2D eigenvalue weighted by molar-refractivity contribution is 5.85. The molecule has 0 saturated heterocycles. The molecule has 4 heteroatoms. The summed E-state index contributed by atoms with van der Waals surface area (Å²) in [5, 5.41) is 2.99. The van der Waals surface area contributed by atoms with Gasteiger partial charge in [-0.15, -0.1) is 12.4 Å². The van der Waals surface area contributed by atoms with Gasteiger partial charge in [0.2, 0.25) is 5.91 Å². The second-order valence-corrected chi connectivity index (χ2v) is 4.38. The number of nitrogens with two attached hydrogens (primary N) is 1. The largest absolute Gasteiger partial charge is 0.351 e. The molecule has 2 unspecified atom stereocenters. The third-order valence-corrected chi connectivity index (χ3v) is 3.12. The Morgan fingerprint density at radius 2 is 2.12 bits per heavy atom. The van der Waals surface area contributed by atoms with E-state index in [-0.39, 0.29) is 30.4 Å². The van der Waals surface area contributed by atoms with Gasteiger partial charge in [-0.05, 0) is 18.4 Å². The van der Waals surface area contributed by atoms with Crippen LogP contribution >= 0.6 is 12.4 Å². The molecule has 0 aliphatic heterocycles. The second kappa shape index (κ2) is 6.03. The predicted octanol–water partition coefficient (Wildman–Crippen LogP) is 1.82. The number of benzene rings is 1. The lowest BCUT2D eigenvalue weighted by molar-refractivity contribution is -0.122. The fourth-order valence-electron chi connectivity index (χ4n) is 1.90. The lowest BCUT2D eigenvalue weighted by Gasteiger charge is -2.09. The van der Waals surface area contributed by atoms with E-state index < -0.39 is 0 Å². The van der Waals surface area contributed by atoms with Crippen LogP contribution < -0.4 is 11.1 Å². The van der Waals surface area contributed by atoms with E-state index in [4.69, 9.17) is 5.73 Å². The van der Waals surface area contributed by atoms with Gasteiger partial charge in [-0.1, -0.05) is 37.3 Å². The highest BCUT2D eigenvalue weighted by Crippen LogP contribution is 2.40. The van der Waals surface area contributed by atoms with Crippen molar-refractivity contribution >= 4 is 18.3 Å². The number of nitrogens with one attached hydrogen (secondary N) is 1. The maximum Gasteiger partial charge on any atom is 0.237 e.